The Bertz CT molecular complexity index is 149. The van der Waals surface area contributed by atoms with Gasteiger partial charge in [0.1, 0.15) is 9.84 Å². The fourth-order valence-corrected chi connectivity index (χ4v) is 1.64. The summed E-state index contributed by atoms with van der Waals surface area (Å²) in [6.45, 7) is 1.00. The van der Waals surface area contributed by atoms with E-state index in [1.807, 2.05) is 0 Å². The van der Waals surface area contributed by atoms with Crippen molar-refractivity contribution >= 4 is 9.84 Å². The molecular formula is C4H8NO2S-. The molecule has 1 fully saturated rings. The second kappa shape index (κ2) is 2.03. The van der Waals surface area contributed by atoms with Crippen molar-refractivity contribution in [2.24, 2.45) is 0 Å². The highest BCUT2D eigenvalue weighted by molar-refractivity contribution is 7.91. The number of nitrogens with zero attached hydrogens (tertiary/aromatic N) is 1. The Kier molecular flexibility index (Phi) is 1.53. The summed E-state index contributed by atoms with van der Waals surface area (Å²) < 4.78 is 21.2. The van der Waals surface area contributed by atoms with Gasteiger partial charge in [-0.2, -0.15) is 0 Å². The SMILES string of the molecule is O=S1(=O)CC[N-]CC1. The van der Waals surface area contributed by atoms with Gasteiger partial charge in [-0.1, -0.05) is 0 Å². The lowest BCUT2D eigenvalue weighted by atomic mass is 10.6. The summed E-state index contributed by atoms with van der Waals surface area (Å²) in [7, 11) is -2.68. The van der Waals surface area contributed by atoms with E-state index in [1.54, 1.807) is 0 Å². The molecule has 1 rings (SSSR count). The van der Waals surface area contributed by atoms with Crippen molar-refractivity contribution in [1.29, 1.82) is 0 Å². The van der Waals surface area contributed by atoms with Gasteiger partial charge < -0.3 is 5.32 Å². The van der Waals surface area contributed by atoms with Gasteiger partial charge in [-0.25, -0.2) is 8.42 Å². The van der Waals surface area contributed by atoms with Crippen molar-refractivity contribution in [2.75, 3.05) is 24.6 Å². The second-order valence-electron chi connectivity index (χ2n) is 1.82. The van der Waals surface area contributed by atoms with Crippen LogP contribution in [0.2, 0.25) is 0 Å². The van der Waals surface area contributed by atoms with Crippen LogP contribution in [0.5, 0.6) is 0 Å². The minimum absolute atomic E-state index is 0.257. The molecule has 0 aliphatic carbocycles. The van der Waals surface area contributed by atoms with Gasteiger partial charge in [-0.05, 0) is 0 Å². The molecule has 0 N–H and O–H groups in total. The first-order chi connectivity index (χ1) is 3.71. The monoisotopic (exact) mass is 134 g/mol. The molecule has 1 saturated heterocycles. The lowest BCUT2D eigenvalue weighted by molar-refractivity contribution is 0.594. The van der Waals surface area contributed by atoms with Crippen LogP contribution in [0.25, 0.3) is 5.32 Å². The van der Waals surface area contributed by atoms with E-state index in [0.29, 0.717) is 13.1 Å². The fourth-order valence-electron chi connectivity index (χ4n) is 0.621. The number of rotatable bonds is 0. The summed E-state index contributed by atoms with van der Waals surface area (Å²) in [5.41, 5.74) is 0. The third-order valence-electron chi connectivity index (χ3n) is 1.12. The maximum absolute atomic E-state index is 10.6. The number of hydrogen-bond donors (Lipinski definition) is 0. The van der Waals surface area contributed by atoms with Crippen LogP contribution in [0.4, 0.5) is 0 Å². The van der Waals surface area contributed by atoms with Crippen LogP contribution >= 0.6 is 0 Å². The molecule has 0 amide bonds. The highest BCUT2D eigenvalue weighted by Gasteiger charge is 2.07. The van der Waals surface area contributed by atoms with Gasteiger partial charge in [-0.3, -0.25) is 0 Å². The van der Waals surface area contributed by atoms with Crippen molar-refractivity contribution in [2.45, 2.75) is 0 Å². The summed E-state index contributed by atoms with van der Waals surface area (Å²) in [5.74, 6) is 0.514. The van der Waals surface area contributed by atoms with Gasteiger partial charge in [-0.15, -0.1) is 13.1 Å². The van der Waals surface area contributed by atoms with E-state index >= 15 is 0 Å². The predicted molar refractivity (Wildman–Crippen MR) is 31.7 cm³/mol. The van der Waals surface area contributed by atoms with Crippen molar-refractivity contribution in [1.82, 2.24) is 0 Å². The zero-order chi connectivity index (χ0) is 6.04. The van der Waals surface area contributed by atoms with E-state index in [2.05, 4.69) is 5.32 Å². The molecule has 0 unspecified atom stereocenters. The molecule has 0 aromatic heterocycles. The van der Waals surface area contributed by atoms with Crippen molar-refractivity contribution in [3.8, 4) is 0 Å². The smallest absolute Gasteiger partial charge is 0.146 e. The molecule has 0 spiro atoms. The quantitative estimate of drug-likeness (QED) is 0.460. The van der Waals surface area contributed by atoms with Gasteiger partial charge in [0.05, 0.1) is 0 Å². The molecule has 0 aromatic rings. The average molecular weight is 134 g/mol. The van der Waals surface area contributed by atoms with Crippen LogP contribution in [0.3, 0.4) is 0 Å². The van der Waals surface area contributed by atoms with Crippen LogP contribution in [0, 0.1) is 0 Å². The Morgan fingerprint density at radius 2 is 1.62 bits per heavy atom. The highest BCUT2D eigenvalue weighted by Crippen LogP contribution is 2.01. The summed E-state index contributed by atoms with van der Waals surface area (Å²) in [6, 6.07) is 0. The molecule has 1 heterocycles. The zero-order valence-electron chi connectivity index (χ0n) is 4.50. The maximum atomic E-state index is 10.6. The first kappa shape index (κ1) is 6.04. The largest absolute Gasteiger partial charge is 0.661 e. The molecule has 8 heavy (non-hydrogen) atoms. The van der Waals surface area contributed by atoms with Crippen LogP contribution in [-0.4, -0.2) is 33.0 Å². The Balaban J connectivity index is 2.58. The maximum Gasteiger partial charge on any atom is 0.146 e. The summed E-state index contributed by atoms with van der Waals surface area (Å²) in [6.07, 6.45) is 0. The molecule has 0 saturated carbocycles. The van der Waals surface area contributed by atoms with E-state index in [9.17, 15) is 8.42 Å². The van der Waals surface area contributed by atoms with Gasteiger partial charge in [0.15, 0.2) is 0 Å². The van der Waals surface area contributed by atoms with E-state index < -0.39 is 9.84 Å². The number of sulfone groups is 1. The molecule has 1 aliphatic rings. The highest BCUT2D eigenvalue weighted by atomic mass is 32.2. The first-order valence-electron chi connectivity index (χ1n) is 2.54. The van der Waals surface area contributed by atoms with E-state index in [4.69, 9.17) is 0 Å². The van der Waals surface area contributed by atoms with Crippen molar-refractivity contribution < 1.29 is 8.42 Å². The van der Waals surface area contributed by atoms with E-state index in [0.717, 1.165) is 0 Å². The zero-order valence-corrected chi connectivity index (χ0v) is 5.32. The third kappa shape index (κ3) is 1.45. The van der Waals surface area contributed by atoms with Crippen molar-refractivity contribution in [3.63, 3.8) is 0 Å². The Morgan fingerprint density at radius 1 is 1.12 bits per heavy atom. The molecule has 1 aliphatic heterocycles. The minimum atomic E-state index is -2.68. The Hall–Kier alpha value is -0.0900. The average Bonchev–Trinajstić information content (AvgIpc) is 1.65. The summed E-state index contributed by atoms with van der Waals surface area (Å²) in [5, 5.41) is 3.89. The predicted octanol–water partition coefficient (Wildman–Crippen LogP) is -0.212. The minimum Gasteiger partial charge on any atom is -0.661 e. The lowest BCUT2D eigenvalue weighted by Gasteiger charge is -2.23. The van der Waals surface area contributed by atoms with E-state index in [1.165, 1.54) is 0 Å². The molecule has 3 nitrogen and oxygen atoms in total. The topological polar surface area (TPSA) is 48.2 Å². The van der Waals surface area contributed by atoms with Crippen LogP contribution in [-0.2, 0) is 9.84 Å². The Morgan fingerprint density at radius 3 is 1.88 bits per heavy atom. The lowest BCUT2D eigenvalue weighted by Crippen LogP contribution is -2.21. The van der Waals surface area contributed by atoms with Crippen molar-refractivity contribution in [3.05, 3.63) is 5.32 Å². The van der Waals surface area contributed by atoms with Gasteiger partial charge in [0.2, 0.25) is 0 Å². The Labute approximate surface area is 49.0 Å². The molecule has 48 valence electrons. The number of hydrogen-bond acceptors (Lipinski definition) is 2. The molecule has 4 heteroatoms. The first-order valence-corrected chi connectivity index (χ1v) is 4.36. The standard InChI is InChI=1S/C4H8NO2S/c6-8(7)3-1-5-2-4-8/h1-4H2/q-1. The van der Waals surface area contributed by atoms with E-state index in [-0.39, 0.29) is 11.5 Å². The molecule has 0 radical (unpaired) electrons. The normalized spacial score (nSPS) is 27.5. The molecule has 0 atom stereocenters. The summed E-state index contributed by atoms with van der Waals surface area (Å²) in [4.78, 5) is 0. The van der Waals surface area contributed by atoms with Gasteiger partial charge in [0, 0.05) is 11.5 Å². The van der Waals surface area contributed by atoms with Crippen LogP contribution in [0.1, 0.15) is 0 Å². The molecule has 0 bridgehead atoms. The van der Waals surface area contributed by atoms with Crippen LogP contribution in [0.15, 0.2) is 0 Å². The van der Waals surface area contributed by atoms with Gasteiger partial charge in [0.25, 0.3) is 0 Å². The molecule has 0 aromatic carbocycles. The summed E-state index contributed by atoms with van der Waals surface area (Å²) >= 11 is 0. The second-order valence-corrected chi connectivity index (χ2v) is 4.13. The molecular weight excluding hydrogens is 126 g/mol. The van der Waals surface area contributed by atoms with Crippen LogP contribution < -0.4 is 0 Å². The van der Waals surface area contributed by atoms with Gasteiger partial charge >= 0.3 is 0 Å². The third-order valence-corrected chi connectivity index (χ3v) is 2.73. The fraction of sp³-hybridized carbons (Fsp3) is 1.00.